The molecule has 1 fully saturated rings. The maximum absolute atomic E-state index is 13.0. The van der Waals surface area contributed by atoms with Crippen molar-refractivity contribution in [2.24, 2.45) is 0 Å². The second kappa shape index (κ2) is 9.28. The third-order valence-corrected chi connectivity index (χ3v) is 4.94. The van der Waals surface area contributed by atoms with Gasteiger partial charge in [0.05, 0.1) is 5.69 Å². The molecule has 3 aromatic rings. The van der Waals surface area contributed by atoms with Crippen molar-refractivity contribution in [2.75, 3.05) is 4.90 Å². The fourth-order valence-electron chi connectivity index (χ4n) is 3.08. The first-order valence-corrected chi connectivity index (χ1v) is 10.1. The Morgan fingerprint density at radius 1 is 0.875 bits per heavy atom. The SMILES string of the molecule is O=C1NC(=S)N(c2ccc(Oc3ccccc3)cc2)C(=O)/C1=C/C=C\c1ccccc1O. The molecule has 2 N–H and O–H groups in total. The topological polar surface area (TPSA) is 78.9 Å². The Hall–Kier alpha value is -4.23. The van der Waals surface area contributed by atoms with Crippen LogP contribution in [0.2, 0.25) is 0 Å². The number of nitrogens with one attached hydrogen (secondary N) is 1. The average Bonchev–Trinajstić information content (AvgIpc) is 2.79. The summed E-state index contributed by atoms with van der Waals surface area (Å²) in [6.45, 7) is 0. The van der Waals surface area contributed by atoms with Gasteiger partial charge in [-0.1, -0.05) is 48.6 Å². The van der Waals surface area contributed by atoms with Gasteiger partial charge in [0.25, 0.3) is 11.8 Å². The lowest BCUT2D eigenvalue weighted by molar-refractivity contribution is -0.122. The minimum absolute atomic E-state index is 0.00133. The first-order valence-electron chi connectivity index (χ1n) is 9.72. The molecule has 1 aliphatic rings. The number of carbonyl (C=O) groups is 2. The van der Waals surface area contributed by atoms with E-state index in [2.05, 4.69) is 5.32 Å². The number of amides is 2. The van der Waals surface area contributed by atoms with Crippen LogP contribution in [0, 0.1) is 0 Å². The van der Waals surface area contributed by atoms with E-state index in [1.165, 1.54) is 17.1 Å². The van der Waals surface area contributed by atoms with E-state index < -0.39 is 11.8 Å². The molecule has 6 nitrogen and oxygen atoms in total. The number of carbonyl (C=O) groups excluding carboxylic acids is 2. The third kappa shape index (κ3) is 4.58. The number of allylic oxidation sites excluding steroid dienone is 2. The normalized spacial score (nSPS) is 15.3. The van der Waals surface area contributed by atoms with Gasteiger partial charge in [0.15, 0.2) is 5.11 Å². The lowest BCUT2D eigenvalue weighted by atomic mass is 10.1. The van der Waals surface area contributed by atoms with Gasteiger partial charge in [-0.25, -0.2) is 0 Å². The summed E-state index contributed by atoms with van der Waals surface area (Å²) in [5.74, 6) is 0.265. The molecule has 0 spiro atoms. The Labute approximate surface area is 190 Å². The second-order valence-corrected chi connectivity index (χ2v) is 7.19. The first kappa shape index (κ1) is 21.0. The van der Waals surface area contributed by atoms with Crippen molar-refractivity contribution < 1.29 is 19.4 Å². The van der Waals surface area contributed by atoms with Crippen LogP contribution in [0.15, 0.2) is 96.6 Å². The zero-order chi connectivity index (χ0) is 22.5. The minimum atomic E-state index is -0.581. The molecule has 0 aromatic heterocycles. The van der Waals surface area contributed by atoms with Crippen LogP contribution in [0.3, 0.4) is 0 Å². The number of thiocarbonyl (C=S) groups is 1. The molecule has 2 amide bonds. The standard InChI is InChI=1S/C25H18N2O4S/c28-22-12-5-4-7-17(22)8-6-11-21-23(29)26-25(32)27(24(21)30)18-13-15-20(16-14-18)31-19-9-2-1-3-10-19/h1-16,28H,(H,26,29,32)/b8-6-,21-11+. The lowest BCUT2D eigenvalue weighted by Gasteiger charge is -2.28. The summed E-state index contributed by atoms with van der Waals surface area (Å²) >= 11 is 5.22. The Morgan fingerprint density at radius 2 is 1.53 bits per heavy atom. The molecule has 0 atom stereocenters. The van der Waals surface area contributed by atoms with Gasteiger partial charge in [-0.15, -0.1) is 0 Å². The molecule has 0 bridgehead atoms. The van der Waals surface area contributed by atoms with Crippen LogP contribution in [0.4, 0.5) is 5.69 Å². The summed E-state index contributed by atoms with van der Waals surface area (Å²) in [6.07, 6.45) is 4.53. The number of benzene rings is 3. The summed E-state index contributed by atoms with van der Waals surface area (Å²) in [6, 6.07) is 22.9. The highest BCUT2D eigenvalue weighted by Gasteiger charge is 2.34. The molecule has 32 heavy (non-hydrogen) atoms. The summed E-state index contributed by atoms with van der Waals surface area (Å²) in [4.78, 5) is 26.6. The van der Waals surface area contributed by atoms with Crippen LogP contribution in [-0.4, -0.2) is 22.0 Å². The van der Waals surface area contributed by atoms with Crippen LogP contribution < -0.4 is 15.0 Å². The Bertz CT molecular complexity index is 1230. The van der Waals surface area contributed by atoms with Gasteiger partial charge >= 0.3 is 0 Å². The molecule has 0 aliphatic carbocycles. The molecule has 1 aliphatic heterocycles. The van der Waals surface area contributed by atoms with E-state index in [1.54, 1.807) is 54.6 Å². The minimum Gasteiger partial charge on any atom is -0.507 e. The van der Waals surface area contributed by atoms with Crippen molar-refractivity contribution in [3.05, 3.63) is 102 Å². The van der Waals surface area contributed by atoms with Crippen molar-refractivity contribution in [1.82, 2.24) is 5.32 Å². The zero-order valence-corrected chi connectivity index (χ0v) is 17.6. The molecule has 0 unspecified atom stereocenters. The largest absolute Gasteiger partial charge is 0.507 e. The smallest absolute Gasteiger partial charge is 0.270 e. The molecule has 1 heterocycles. The van der Waals surface area contributed by atoms with Gasteiger partial charge in [0, 0.05) is 5.56 Å². The molecule has 4 rings (SSSR count). The second-order valence-electron chi connectivity index (χ2n) is 6.81. The molecule has 0 saturated carbocycles. The zero-order valence-electron chi connectivity index (χ0n) is 16.8. The number of phenols is 1. The van der Waals surface area contributed by atoms with E-state index in [4.69, 9.17) is 17.0 Å². The van der Waals surface area contributed by atoms with Gasteiger partial charge in [-0.05, 0) is 60.8 Å². The quantitative estimate of drug-likeness (QED) is 0.344. The molecule has 7 heteroatoms. The molecule has 0 radical (unpaired) electrons. The van der Waals surface area contributed by atoms with Crippen molar-refractivity contribution in [1.29, 1.82) is 0 Å². The van der Waals surface area contributed by atoms with Gasteiger partial charge in [0.1, 0.15) is 22.8 Å². The summed E-state index contributed by atoms with van der Waals surface area (Å²) < 4.78 is 5.77. The molecule has 158 valence electrons. The van der Waals surface area contributed by atoms with Crippen LogP contribution in [0.25, 0.3) is 6.08 Å². The highest BCUT2D eigenvalue weighted by Crippen LogP contribution is 2.26. The predicted molar refractivity (Wildman–Crippen MR) is 126 cm³/mol. The molecular weight excluding hydrogens is 424 g/mol. The van der Waals surface area contributed by atoms with Gasteiger partial charge in [-0.2, -0.15) is 0 Å². The number of aromatic hydroxyl groups is 1. The van der Waals surface area contributed by atoms with Crippen molar-refractivity contribution >= 4 is 40.9 Å². The monoisotopic (exact) mass is 442 g/mol. The lowest BCUT2D eigenvalue weighted by Crippen LogP contribution is -2.54. The van der Waals surface area contributed by atoms with Gasteiger partial charge in [0.2, 0.25) is 0 Å². The van der Waals surface area contributed by atoms with E-state index in [0.717, 1.165) is 0 Å². The number of rotatable bonds is 5. The van der Waals surface area contributed by atoms with E-state index in [-0.39, 0.29) is 16.4 Å². The van der Waals surface area contributed by atoms with Crippen LogP contribution in [0.1, 0.15) is 5.56 Å². The predicted octanol–water partition coefficient (Wildman–Crippen LogP) is 4.57. The maximum Gasteiger partial charge on any atom is 0.270 e. The number of hydrogen-bond donors (Lipinski definition) is 2. The van der Waals surface area contributed by atoms with Crippen molar-refractivity contribution in [3.63, 3.8) is 0 Å². The maximum atomic E-state index is 13.0. The highest BCUT2D eigenvalue weighted by atomic mass is 32.1. The number of hydrogen-bond acceptors (Lipinski definition) is 5. The van der Waals surface area contributed by atoms with Crippen LogP contribution in [-0.2, 0) is 9.59 Å². The van der Waals surface area contributed by atoms with Gasteiger partial charge < -0.3 is 9.84 Å². The molecular formula is C25H18N2O4S. The number of anilines is 1. The Morgan fingerprint density at radius 3 is 2.25 bits per heavy atom. The Balaban J connectivity index is 1.55. The summed E-state index contributed by atoms with van der Waals surface area (Å²) in [5.41, 5.74) is 0.986. The highest BCUT2D eigenvalue weighted by molar-refractivity contribution is 7.80. The van der Waals surface area contributed by atoms with Crippen molar-refractivity contribution in [3.8, 4) is 17.2 Å². The van der Waals surface area contributed by atoms with E-state index in [1.807, 2.05) is 30.3 Å². The summed E-state index contributed by atoms with van der Waals surface area (Å²) in [7, 11) is 0. The van der Waals surface area contributed by atoms with Gasteiger partial charge in [-0.3, -0.25) is 19.8 Å². The van der Waals surface area contributed by atoms with E-state index in [9.17, 15) is 14.7 Å². The molecule has 3 aromatic carbocycles. The average molecular weight is 442 g/mol. The molecule has 1 saturated heterocycles. The Kier molecular flexibility index (Phi) is 6.10. The number of ether oxygens (including phenoxy) is 1. The fraction of sp³-hybridized carbons (Fsp3) is 0. The van der Waals surface area contributed by atoms with Crippen LogP contribution >= 0.6 is 12.2 Å². The van der Waals surface area contributed by atoms with Crippen LogP contribution in [0.5, 0.6) is 17.2 Å². The fourth-order valence-corrected chi connectivity index (χ4v) is 3.36. The number of phenolic OH excluding ortho intramolecular Hbond substituents is 1. The summed E-state index contributed by atoms with van der Waals surface area (Å²) in [5, 5.41) is 12.4. The van der Waals surface area contributed by atoms with Crippen molar-refractivity contribution in [2.45, 2.75) is 0 Å². The third-order valence-electron chi connectivity index (χ3n) is 4.65. The first-order chi connectivity index (χ1) is 15.5. The number of nitrogens with zero attached hydrogens (tertiary/aromatic N) is 1. The van der Waals surface area contributed by atoms with E-state index in [0.29, 0.717) is 22.7 Å². The number of para-hydroxylation sites is 2. The van der Waals surface area contributed by atoms with E-state index >= 15 is 0 Å².